The first kappa shape index (κ1) is 26.2. The Kier molecular flexibility index (Phi) is 8.07. The zero-order valence-electron chi connectivity index (χ0n) is 21.7. The standard InChI is InChI=1S/C30H28N4O4S/c1-3-38-29(36)26-27(21-9-5-4-6-10-21)33-30-34(28(26)23-11-7-8-12-24(23)37-2)22(19-39-30)17-25(35)32-18-20-13-15-31-16-14-20/h4-16,19,28H,3,17-18H2,1-2H3,(H,32,35). The van der Waals surface area contributed by atoms with E-state index >= 15 is 0 Å². The summed E-state index contributed by atoms with van der Waals surface area (Å²) in [5.74, 6) is 0.0130. The van der Waals surface area contributed by atoms with Gasteiger partial charge in [0, 0.05) is 35.8 Å². The Morgan fingerprint density at radius 2 is 1.77 bits per heavy atom. The van der Waals surface area contributed by atoms with Gasteiger partial charge in [0.2, 0.25) is 5.91 Å². The topological polar surface area (TPSA) is 93.1 Å². The van der Waals surface area contributed by atoms with Crippen LogP contribution in [0.1, 0.15) is 36.1 Å². The molecule has 3 aromatic rings. The number of ether oxygens (including phenoxy) is 2. The molecule has 0 spiro atoms. The fraction of sp³-hybridized carbons (Fsp3) is 0.200. The fourth-order valence-electron chi connectivity index (χ4n) is 4.60. The number of nitrogens with zero attached hydrogens (tertiary/aromatic N) is 3. The number of aromatic nitrogens is 1. The van der Waals surface area contributed by atoms with Gasteiger partial charge in [-0.25, -0.2) is 9.79 Å². The van der Waals surface area contributed by atoms with E-state index in [4.69, 9.17) is 14.5 Å². The Labute approximate surface area is 231 Å². The van der Waals surface area contributed by atoms with Gasteiger partial charge in [0.1, 0.15) is 5.75 Å². The van der Waals surface area contributed by atoms with Gasteiger partial charge in [0.05, 0.1) is 37.4 Å². The predicted octanol–water partition coefficient (Wildman–Crippen LogP) is 5.07. The van der Waals surface area contributed by atoms with Crippen molar-refractivity contribution in [1.82, 2.24) is 15.2 Å². The number of benzene rings is 2. The second-order valence-corrected chi connectivity index (χ2v) is 9.63. The molecule has 5 rings (SSSR count). The van der Waals surface area contributed by atoms with Crippen LogP contribution in [0.25, 0.3) is 5.70 Å². The molecule has 198 valence electrons. The molecule has 9 heteroatoms. The Balaban J connectivity index is 1.56. The molecular formula is C30H28N4O4S. The number of rotatable bonds is 9. The molecule has 1 N–H and O–H groups in total. The van der Waals surface area contributed by atoms with Crippen LogP contribution in [0.5, 0.6) is 5.75 Å². The first-order valence-corrected chi connectivity index (χ1v) is 13.5. The molecule has 0 bridgehead atoms. The molecule has 0 radical (unpaired) electrons. The highest BCUT2D eigenvalue weighted by Crippen LogP contribution is 2.48. The lowest BCUT2D eigenvalue weighted by Crippen LogP contribution is -2.38. The summed E-state index contributed by atoms with van der Waals surface area (Å²) in [6.07, 6.45) is 3.50. The predicted molar refractivity (Wildman–Crippen MR) is 151 cm³/mol. The van der Waals surface area contributed by atoms with Gasteiger partial charge >= 0.3 is 5.97 Å². The molecule has 0 aliphatic carbocycles. The van der Waals surface area contributed by atoms with E-state index in [1.807, 2.05) is 77.0 Å². The molecule has 0 saturated carbocycles. The van der Waals surface area contributed by atoms with Crippen LogP contribution in [0.4, 0.5) is 0 Å². The van der Waals surface area contributed by atoms with Gasteiger partial charge in [-0.1, -0.05) is 60.3 Å². The number of amides is 1. The van der Waals surface area contributed by atoms with Gasteiger partial charge in [-0.3, -0.25) is 9.78 Å². The van der Waals surface area contributed by atoms with E-state index in [0.29, 0.717) is 28.7 Å². The van der Waals surface area contributed by atoms with Crippen LogP contribution in [0, 0.1) is 0 Å². The summed E-state index contributed by atoms with van der Waals surface area (Å²) in [5, 5.41) is 5.57. The van der Waals surface area contributed by atoms with Gasteiger partial charge in [-0.05, 0) is 36.1 Å². The van der Waals surface area contributed by atoms with Crippen LogP contribution in [-0.4, -0.2) is 40.6 Å². The van der Waals surface area contributed by atoms with Crippen molar-refractivity contribution in [1.29, 1.82) is 0 Å². The molecule has 1 unspecified atom stereocenters. The molecule has 1 atom stereocenters. The number of thioether (sulfide) groups is 1. The highest BCUT2D eigenvalue weighted by Gasteiger charge is 2.43. The normalized spacial score (nSPS) is 16.3. The number of fused-ring (bicyclic) bond motifs is 1. The maximum absolute atomic E-state index is 13.6. The van der Waals surface area contributed by atoms with Crippen molar-refractivity contribution in [3.05, 3.63) is 112 Å². The van der Waals surface area contributed by atoms with Crippen molar-refractivity contribution in [3.63, 3.8) is 0 Å². The van der Waals surface area contributed by atoms with Crippen LogP contribution in [0.3, 0.4) is 0 Å². The van der Waals surface area contributed by atoms with Crippen LogP contribution >= 0.6 is 11.8 Å². The van der Waals surface area contributed by atoms with Gasteiger partial charge in [-0.2, -0.15) is 0 Å². The van der Waals surface area contributed by atoms with Crippen LogP contribution in [0.2, 0.25) is 0 Å². The molecule has 0 fully saturated rings. The lowest BCUT2D eigenvalue weighted by molar-refractivity contribution is -0.139. The Morgan fingerprint density at radius 3 is 2.51 bits per heavy atom. The molecule has 1 amide bonds. The molecule has 2 aromatic carbocycles. The molecule has 1 aromatic heterocycles. The first-order chi connectivity index (χ1) is 19.1. The summed E-state index contributed by atoms with van der Waals surface area (Å²) < 4.78 is 11.3. The zero-order valence-corrected chi connectivity index (χ0v) is 22.5. The van der Waals surface area contributed by atoms with E-state index < -0.39 is 12.0 Å². The monoisotopic (exact) mass is 540 g/mol. The fourth-order valence-corrected chi connectivity index (χ4v) is 5.52. The number of hydrogen-bond acceptors (Lipinski definition) is 8. The van der Waals surface area contributed by atoms with Crippen molar-refractivity contribution in [2.75, 3.05) is 13.7 Å². The summed E-state index contributed by atoms with van der Waals surface area (Å²) in [5.41, 5.74) is 4.20. The molecular weight excluding hydrogens is 512 g/mol. The second-order valence-electron chi connectivity index (χ2n) is 8.79. The second kappa shape index (κ2) is 12.0. The quantitative estimate of drug-likeness (QED) is 0.379. The zero-order chi connectivity index (χ0) is 27.2. The molecule has 2 aliphatic heterocycles. The third kappa shape index (κ3) is 5.58. The average Bonchev–Trinajstić information content (AvgIpc) is 3.38. The minimum absolute atomic E-state index is 0.111. The average molecular weight is 541 g/mol. The van der Waals surface area contributed by atoms with E-state index in [-0.39, 0.29) is 18.9 Å². The van der Waals surface area contributed by atoms with Crippen molar-refractivity contribution >= 4 is 34.5 Å². The van der Waals surface area contributed by atoms with Gasteiger partial charge in [0.25, 0.3) is 0 Å². The maximum Gasteiger partial charge on any atom is 0.338 e. The van der Waals surface area contributed by atoms with Gasteiger partial charge in [-0.15, -0.1) is 0 Å². The van der Waals surface area contributed by atoms with E-state index in [2.05, 4.69) is 10.3 Å². The number of amidine groups is 1. The number of carbonyl (C=O) groups excluding carboxylic acids is 2. The molecule has 39 heavy (non-hydrogen) atoms. The van der Waals surface area contributed by atoms with Crippen LogP contribution in [0.15, 0.2) is 101 Å². The van der Waals surface area contributed by atoms with E-state index in [9.17, 15) is 9.59 Å². The number of methoxy groups -OCH3 is 1. The number of para-hydroxylation sites is 1. The van der Waals surface area contributed by atoms with E-state index in [1.165, 1.54) is 11.8 Å². The van der Waals surface area contributed by atoms with Crippen molar-refractivity contribution < 1.29 is 19.1 Å². The van der Waals surface area contributed by atoms with Gasteiger partial charge < -0.3 is 19.7 Å². The highest BCUT2D eigenvalue weighted by molar-refractivity contribution is 8.16. The van der Waals surface area contributed by atoms with Gasteiger partial charge in [0.15, 0.2) is 5.17 Å². The van der Waals surface area contributed by atoms with E-state index in [0.717, 1.165) is 22.4 Å². The SMILES string of the molecule is CCOC(=O)C1=C(c2ccccc2)N=C2SC=C(CC(=O)NCc3ccncc3)N2C1c1ccccc1OC. The summed E-state index contributed by atoms with van der Waals surface area (Å²) in [4.78, 5) is 37.6. The third-order valence-corrected chi connectivity index (χ3v) is 7.26. The Hall–Kier alpha value is -4.37. The molecule has 2 aliphatic rings. The third-order valence-electron chi connectivity index (χ3n) is 6.37. The summed E-state index contributed by atoms with van der Waals surface area (Å²) in [7, 11) is 1.60. The smallest absolute Gasteiger partial charge is 0.338 e. The molecule has 0 saturated heterocycles. The minimum Gasteiger partial charge on any atom is -0.496 e. The summed E-state index contributed by atoms with van der Waals surface area (Å²) in [6.45, 7) is 2.39. The molecule has 3 heterocycles. The van der Waals surface area contributed by atoms with Crippen molar-refractivity contribution in [2.45, 2.75) is 25.9 Å². The number of nitrogens with one attached hydrogen (secondary N) is 1. The Bertz CT molecular complexity index is 1450. The van der Waals surface area contributed by atoms with E-state index in [1.54, 1.807) is 26.4 Å². The Morgan fingerprint density at radius 1 is 1.03 bits per heavy atom. The highest BCUT2D eigenvalue weighted by atomic mass is 32.2. The first-order valence-electron chi connectivity index (χ1n) is 12.6. The summed E-state index contributed by atoms with van der Waals surface area (Å²) in [6, 6.07) is 20.3. The number of pyridine rings is 1. The number of hydrogen-bond donors (Lipinski definition) is 1. The number of aliphatic imine (C=N–C) groups is 1. The molecule has 8 nitrogen and oxygen atoms in total. The number of carbonyl (C=O) groups is 2. The van der Waals surface area contributed by atoms with Crippen LogP contribution < -0.4 is 10.1 Å². The minimum atomic E-state index is -0.614. The van der Waals surface area contributed by atoms with Crippen molar-refractivity contribution in [3.8, 4) is 5.75 Å². The largest absolute Gasteiger partial charge is 0.496 e. The lowest BCUT2D eigenvalue weighted by Gasteiger charge is -2.37. The van der Waals surface area contributed by atoms with Crippen LogP contribution in [-0.2, 0) is 20.9 Å². The van der Waals surface area contributed by atoms with Crippen molar-refractivity contribution in [2.24, 2.45) is 4.99 Å². The summed E-state index contributed by atoms with van der Waals surface area (Å²) >= 11 is 1.43. The number of esters is 1. The lowest BCUT2D eigenvalue weighted by atomic mass is 9.91. The maximum atomic E-state index is 13.6.